The Morgan fingerprint density at radius 2 is 1.79 bits per heavy atom. The number of amides is 1. The largest absolute Gasteiger partial charge is 0.341 e. The Morgan fingerprint density at radius 1 is 1.12 bits per heavy atom. The normalized spacial score (nSPS) is 13.8. The summed E-state index contributed by atoms with van der Waals surface area (Å²) in [5.74, 6) is -0.525. The lowest BCUT2D eigenvalue weighted by Crippen LogP contribution is -2.35. The highest BCUT2D eigenvalue weighted by atomic mass is 19.1. The molecule has 1 aromatic heterocycles. The van der Waals surface area contributed by atoms with Crippen molar-refractivity contribution < 1.29 is 9.18 Å². The minimum Gasteiger partial charge on any atom is -0.341 e. The Hall–Kier alpha value is -2.94. The summed E-state index contributed by atoms with van der Waals surface area (Å²) < 4.78 is 14.4. The summed E-state index contributed by atoms with van der Waals surface area (Å²) in [5.41, 5.74) is 0.584. The Bertz CT molecular complexity index is 859. The molecule has 0 aliphatic carbocycles. The molecule has 1 aromatic carbocycles. The van der Waals surface area contributed by atoms with Crippen LogP contribution in [0.2, 0.25) is 0 Å². The molecule has 1 aliphatic rings. The van der Waals surface area contributed by atoms with E-state index in [1.54, 1.807) is 23.1 Å². The van der Waals surface area contributed by atoms with Crippen LogP contribution in [0, 0.1) is 17.1 Å². The number of hydrogen-bond donors (Lipinski definition) is 0. The van der Waals surface area contributed by atoms with Crippen LogP contribution in [0.25, 0.3) is 11.3 Å². The SMILES string of the molecule is N#Cc1ccc(-c2ccc(F)cc2)n(CC(=O)N2CCCC2)c1=O. The van der Waals surface area contributed by atoms with E-state index in [-0.39, 0.29) is 23.8 Å². The van der Waals surface area contributed by atoms with E-state index in [1.807, 2.05) is 6.07 Å². The van der Waals surface area contributed by atoms with Gasteiger partial charge in [-0.3, -0.25) is 14.2 Å². The monoisotopic (exact) mass is 325 g/mol. The summed E-state index contributed by atoms with van der Waals surface area (Å²) in [7, 11) is 0. The number of rotatable bonds is 3. The zero-order valence-corrected chi connectivity index (χ0v) is 13.0. The maximum absolute atomic E-state index is 13.1. The Labute approximate surface area is 138 Å². The lowest BCUT2D eigenvalue weighted by molar-refractivity contribution is -0.130. The van der Waals surface area contributed by atoms with Crippen LogP contribution < -0.4 is 5.56 Å². The molecule has 1 aliphatic heterocycles. The van der Waals surface area contributed by atoms with Crippen LogP contribution in [0.5, 0.6) is 0 Å². The zero-order chi connectivity index (χ0) is 17.1. The Kier molecular flexibility index (Phi) is 4.43. The molecule has 1 amide bonds. The average Bonchev–Trinajstić information content (AvgIpc) is 3.12. The molecule has 0 spiro atoms. The highest BCUT2D eigenvalue weighted by molar-refractivity contribution is 5.77. The van der Waals surface area contributed by atoms with Crippen molar-refractivity contribution in [2.75, 3.05) is 13.1 Å². The first kappa shape index (κ1) is 15.9. The van der Waals surface area contributed by atoms with Crippen molar-refractivity contribution in [2.24, 2.45) is 0 Å². The van der Waals surface area contributed by atoms with Gasteiger partial charge in [-0.2, -0.15) is 5.26 Å². The highest BCUT2D eigenvalue weighted by Gasteiger charge is 2.20. The summed E-state index contributed by atoms with van der Waals surface area (Å²) in [4.78, 5) is 26.7. The van der Waals surface area contributed by atoms with E-state index in [1.165, 1.54) is 22.8 Å². The van der Waals surface area contributed by atoms with Crippen LogP contribution in [-0.2, 0) is 11.3 Å². The number of likely N-dealkylation sites (tertiary alicyclic amines) is 1. The lowest BCUT2D eigenvalue weighted by Gasteiger charge is -2.18. The van der Waals surface area contributed by atoms with Gasteiger partial charge in [0.05, 0.1) is 5.69 Å². The van der Waals surface area contributed by atoms with Gasteiger partial charge in [-0.05, 0) is 54.8 Å². The number of halogens is 1. The summed E-state index contributed by atoms with van der Waals surface area (Å²) >= 11 is 0. The third-order valence-corrected chi connectivity index (χ3v) is 4.19. The molecule has 5 nitrogen and oxygen atoms in total. The molecular formula is C18H16FN3O2. The molecule has 0 bridgehead atoms. The Balaban J connectivity index is 2.04. The third kappa shape index (κ3) is 3.06. The second-order valence-electron chi connectivity index (χ2n) is 5.73. The van der Waals surface area contributed by atoms with E-state index >= 15 is 0 Å². The summed E-state index contributed by atoms with van der Waals surface area (Å²) in [5, 5.41) is 9.08. The second kappa shape index (κ2) is 6.67. The smallest absolute Gasteiger partial charge is 0.269 e. The van der Waals surface area contributed by atoms with Gasteiger partial charge in [0.25, 0.3) is 5.56 Å². The van der Waals surface area contributed by atoms with Gasteiger partial charge >= 0.3 is 0 Å². The molecule has 3 rings (SSSR count). The van der Waals surface area contributed by atoms with Gasteiger partial charge < -0.3 is 4.90 Å². The lowest BCUT2D eigenvalue weighted by atomic mass is 10.1. The number of benzene rings is 1. The van der Waals surface area contributed by atoms with E-state index in [0.29, 0.717) is 24.3 Å². The van der Waals surface area contributed by atoms with Crippen molar-refractivity contribution in [3.63, 3.8) is 0 Å². The molecule has 0 N–H and O–H groups in total. The molecule has 2 aromatic rings. The minimum atomic E-state index is -0.508. The number of aromatic nitrogens is 1. The van der Waals surface area contributed by atoms with Gasteiger partial charge in [-0.1, -0.05) is 0 Å². The van der Waals surface area contributed by atoms with Crippen molar-refractivity contribution in [3.8, 4) is 17.3 Å². The molecule has 1 fully saturated rings. The number of pyridine rings is 1. The summed E-state index contributed by atoms with van der Waals surface area (Å²) in [6.45, 7) is 1.26. The van der Waals surface area contributed by atoms with Crippen molar-refractivity contribution in [3.05, 3.63) is 58.1 Å². The van der Waals surface area contributed by atoms with E-state index < -0.39 is 5.56 Å². The summed E-state index contributed by atoms with van der Waals surface area (Å²) in [6, 6.07) is 10.6. The molecule has 24 heavy (non-hydrogen) atoms. The van der Waals surface area contributed by atoms with Crippen LogP contribution in [0.1, 0.15) is 18.4 Å². The van der Waals surface area contributed by atoms with E-state index in [9.17, 15) is 14.0 Å². The highest BCUT2D eigenvalue weighted by Crippen LogP contribution is 2.19. The van der Waals surface area contributed by atoms with E-state index in [4.69, 9.17) is 5.26 Å². The number of carbonyl (C=O) groups excluding carboxylic acids is 1. The fraction of sp³-hybridized carbons (Fsp3) is 0.278. The van der Waals surface area contributed by atoms with Crippen LogP contribution in [-0.4, -0.2) is 28.5 Å². The zero-order valence-electron chi connectivity index (χ0n) is 13.0. The van der Waals surface area contributed by atoms with Gasteiger partial charge in [0, 0.05) is 13.1 Å². The molecule has 122 valence electrons. The van der Waals surface area contributed by atoms with Gasteiger partial charge in [-0.25, -0.2) is 4.39 Å². The molecule has 6 heteroatoms. The Morgan fingerprint density at radius 3 is 2.42 bits per heavy atom. The maximum Gasteiger partial charge on any atom is 0.269 e. The van der Waals surface area contributed by atoms with Crippen LogP contribution in [0.15, 0.2) is 41.2 Å². The number of carbonyl (C=O) groups is 1. The molecule has 0 saturated carbocycles. The van der Waals surface area contributed by atoms with Gasteiger partial charge in [0.1, 0.15) is 24.0 Å². The van der Waals surface area contributed by atoms with Crippen molar-refractivity contribution >= 4 is 5.91 Å². The van der Waals surface area contributed by atoms with E-state index in [2.05, 4.69) is 0 Å². The number of hydrogen-bond acceptors (Lipinski definition) is 3. The van der Waals surface area contributed by atoms with Crippen LogP contribution in [0.4, 0.5) is 4.39 Å². The fourth-order valence-electron chi connectivity index (χ4n) is 2.89. The number of nitriles is 1. The second-order valence-corrected chi connectivity index (χ2v) is 5.73. The minimum absolute atomic E-state index is 0.0184. The number of nitrogens with zero attached hydrogens (tertiary/aromatic N) is 3. The molecular weight excluding hydrogens is 309 g/mol. The molecule has 1 saturated heterocycles. The van der Waals surface area contributed by atoms with Crippen LogP contribution in [0.3, 0.4) is 0 Å². The quantitative estimate of drug-likeness (QED) is 0.868. The predicted octanol–water partition coefficient (Wildman–Crippen LogP) is 2.15. The first-order chi connectivity index (χ1) is 11.6. The van der Waals surface area contributed by atoms with Crippen molar-refractivity contribution in [2.45, 2.75) is 19.4 Å². The summed E-state index contributed by atoms with van der Waals surface area (Å²) in [6.07, 6.45) is 1.92. The van der Waals surface area contributed by atoms with Crippen LogP contribution >= 0.6 is 0 Å². The third-order valence-electron chi connectivity index (χ3n) is 4.19. The van der Waals surface area contributed by atoms with Crippen molar-refractivity contribution in [1.29, 1.82) is 5.26 Å². The van der Waals surface area contributed by atoms with E-state index in [0.717, 1.165) is 12.8 Å². The fourth-order valence-corrected chi connectivity index (χ4v) is 2.89. The van der Waals surface area contributed by atoms with Gasteiger partial charge in [-0.15, -0.1) is 0 Å². The molecule has 0 atom stereocenters. The molecule has 0 radical (unpaired) electrons. The van der Waals surface area contributed by atoms with Gasteiger partial charge in [0.15, 0.2) is 0 Å². The van der Waals surface area contributed by atoms with Gasteiger partial charge in [0.2, 0.25) is 5.91 Å². The standard InChI is InChI=1S/C18H16FN3O2/c19-15-6-3-13(4-7-15)16-8-5-14(11-20)18(24)22(16)12-17(23)21-9-1-2-10-21/h3-8H,1-2,9-10,12H2. The molecule has 0 unspecified atom stereocenters. The average molecular weight is 325 g/mol. The first-order valence-electron chi connectivity index (χ1n) is 7.78. The first-order valence-corrected chi connectivity index (χ1v) is 7.78. The topological polar surface area (TPSA) is 66.1 Å². The molecule has 2 heterocycles. The maximum atomic E-state index is 13.1. The van der Waals surface area contributed by atoms with Crippen molar-refractivity contribution in [1.82, 2.24) is 9.47 Å². The predicted molar refractivity (Wildman–Crippen MR) is 86.6 cm³/mol.